The van der Waals surface area contributed by atoms with Crippen molar-refractivity contribution in [3.63, 3.8) is 0 Å². The van der Waals surface area contributed by atoms with Crippen LogP contribution in [0.4, 0.5) is 13.6 Å². The van der Waals surface area contributed by atoms with Gasteiger partial charge in [0.05, 0.1) is 5.69 Å². The number of alkyl halides is 2. The fraction of sp³-hybridized carbons (Fsp3) is 0.500. The third-order valence-corrected chi connectivity index (χ3v) is 5.17. The van der Waals surface area contributed by atoms with Crippen molar-refractivity contribution >= 4 is 17.1 Å². The van der Waals surface area contributed by atoms with Crippen molar-refractivity contribution < 1.29 is 23.0 Å². The quantitative estimate of drug-likeness (QED) is 0.421. The lowest BCUT2D eigenvalue weighted by atomic mass is 9.93. The molecule has 0 aliphatic carbocycles. The number of rotatable bonds is 7. The van der Waals surface area contributed by atoms with Crippen LogP contribution in [-0.2, 0) is 4.74 Å². The van der Waals surface area contributed by atoms with Crippen LogP contribution < -0.4 is 10.5 Å². The number of ether oxygens (including phenoxy) is 2. The van der Waals surface area contributed by atoms with Gasteiger partial charge in [0.2, 0.25) is 0 Å². The Balaban J connectivity index is 2.04. The molecule has 0 radical (unpaired) electrons. The zero-order valence-electron chi connectivity index (χ0n) is 21.4. The van der Waals surface area contributed by atoms with E-state index in [-0.39, 0.29) is 18.1 Å². The average Bonchev–Trinajstić information content (AvgIpc) is 3.08. The van der Waals surface area contributed by atoms with Crippen LogP contribution in [0.5, 0.6) is 5.75 Å². The van der Waals surface area contributed by atoms with Gasteiger partial charge in [0, 0.05) is 28.9 Å². The standard InChI is InChI=1S/C26H34F2N4O3/c1-15(2)11-26(7,29)14-34-20-9-8-19(31-21(20)22(27)28)18-13-32(24(33)35-25(4,5)6)23-17(18)10-16(3)12-30-23/h8-10,12-13,15,22H,11,14,29H2,1-7H3/t26-/m0/s1. The molecule has 2 N–H and O–H groups in total. The Morgan fingerprint density at radius 2 is 1.89 bits per heavy atom. The topological polar surface area (TPSA) is 92.3 Å². The molecule has 3 aromatic rings. The lowest BCUT2D eigenvalue weighted by Crippen LogP contribution is -2.43. The van der Waals surface area contributed by atoms with E-state index in [0.29, 0.717) is 28.9 Å². The highest BCUT2D eigenvalue weighted by Crippen LogP contribution is 2.35. The van der Waals surface area contributed by atoms with E-state index in [2.05, 4.69) is 9.97 Å². The van der Waals surface area contributed by atoms with E-state index in [1.165, 1.54) is 16.8 Å². The van der Waals surface area contributed by atoms with Gasteiger partial charge in [-0.15, -0.1) is 0 Å². The molecule has 0 amide bonds. The van der Waals surface area contributed by atoms with E-state index in [4.69, 9.17) is 15.2 Å². The predicted octanol–water partition coefficient (Wildman–Crippen LogP) is 6.27. The van der Waals surface area contributed by atoms with Gasteiger partial charge in [-0.05, 0) is 70.7 Å². The number of carbonyl (C=O) groups excluding carboxylic acids is 1. The van der Waals surface area contributed by atoms with Gasteiger partial charge in [-0.2, -0.15) is 0 Å². The first-order chi connectivity index (χ1) is 16.2. The maximum atomic E-state index is 14.0. The Morgan fingerprint density at radius 3 is 2.49 bits per heavy atom. The van der Waals surface area contributed by atoms with Gasteiger partial charge in [0.25, 0.3) is 6.43 Å². The largest absolute Gasteiger partial charge is 0.490 e. The molecule has 0 bridgehead atoms. The maximum absolute atomic E-state index is 14.0. The molecule has 3 aromatic heterocycles. The molecule has 7 nitrogen and oxygen atoms in total. The summed E-state index contributed by atoms with van der Waals surface area (Å²) in [6.07, 6.45) is 0.342. The minimum Gasteiger partial charge on any atom is -0.490 e. The highest BCUT2D eigenvalue weighted by molar-refractivity contribution is 5.98. The van der Waals surface area contributed by atoms with Crippen LogP contribution in [0, 0.1) is 12.8 Å². The van der Waals surface area contributed by atoms with Gasteiger partial charge >= 0.3 is 6.09 Å². The first-order valence-electron chi connectivity index (χ1n) is 11.6. The predicted molar refractivity (Wildman–Crippen MR) is 132 cm³/mol. The number of hydrogen-bond donors (Lipinski definition) is 1. The van der Waals surface area contributed by atoms with E-state index in [1.54, 1.807) is 33.0 Å². The molecule has 0 saturated carbocycles. The Labute approximate surface area is 204 Å². The monoisotopic (exact) mass is 488 g/mol. The summed E-state index contributed by atoms with van der Waals surface area (Å²) < 4.78 is 40.4. The first kappa shape index (κ1) is 26.5. The van der Waals surface area contributed by atoms with Gasteiger partial charge in [0.1, 0.15) is 29.3 Å². The number of fused-ring (bicyclic) bond motifs is 1. The Kier molecular flexibility index (Phi) is 7.50. The molecule has 0 spiro atoms. The lowest BCUT2D eigenvalue weighted by Gasteiger charge is -2.27. The Bertz CT molecular complexity index is 1210. The second kappa shape index (κ2) is 9.89. The van der Waals surface area contributed by atoms with Crippen LogP contribution in [0.3, 0.4) is 0 Å². The fourth-order valence-electron chi connectivity index (χ4n) is 3.99. The molecule has 0 aliphatic rings. The summed E-state index contributed by atoms with van der Waals surface area (Å²) in [5.41, 5.74) is 6.36. The van der Waals surface area contributed by atoms with Crippen LogP contribution in [-0.4, -0.2) is 38.4 Å². The molecule has 0 aromatic carbocycles. The summed E-state index contributed by atoms with van der Waals surface area (Å²) in [5.74, 6) is 0.317. The van der Waals surface area contributed by atoms with Crippen LogP contribution in [0.25, 0.3) is 22.3 Å². The minimum absolute atomic E-state index is 0.0191. The zero-order valence-corrected chi connectivity index (χ0v) is 21.4. The van der Waals surface area contributed by atoms with Gasteiger partial charge in [-0.25, -0.2) is 28.1 Å². The molecule has 35 heavy (non-hydrogen) atoms. The van der Waals surface area contributed by atoms with Crippen molar-refractivity contribution in [2.45, 2.75) is 72.5 Å². The second-order valence-corrected chi connectivity index (χ2v) is 10.7. The number of halogens is 2. The Hall–Kier alpha value is -3.07. The SMILES string of the molecule is Cc1cnc2c(c1)c(-c1ccc(OC[C@@](C)(N)CC(C)C)c(C(F)F)n1)cn2C(=O)OC(C)(C)C. The zero-order chi connectivity index (χ0) is 26.1. The summed E-state index contributed by atoms with van der Waals surface area (Å²) in [6.45, 7) is 13.1. The van der Waals surface area contributed by atoms with Gasteiger partial charge in [-0.1, -0.05) is 13.8 Å². The molecule has 3 heterocycles. The van der Waals surface area contributed by atoms with Crippen molar-refractivity contribution in [1.29, 1.82) is 0 Å². The van der Waals surface area contributed by atoms with Crippen molar-refractivity contribution in [1.82, 2.24) is 14.5 Å². The lowest BCUT2D eigenvalue weighted by molar-refractivity contribution is 0.0543. The van der Waals surface area contributed by atoms with Gasteiger partial charge < -0.3 is 15.2 Å². The van der Waals surface area contributed by atoms with Crippen LogP contribution in [0.15, 0.2) is 30.6 Å². The number of hydrogen-bond acceptors (Lipinski definition) is 6. The summed E-state index contributed by atoms with van der Waals surface area (Å²) in [5, 5.41) is 0.601. The third-order valence-electron chi connectivity index (χ3n) is 5.17. The highest BCUT2D eigenvalue weighted by Gasteiger charge is 2.26. The maximum Gasteiger partial charge on any atom is 0.420 e. The second-order valence-electron chi connectivity index (χ2n) is 10.7. The van der Waals surface area contributed by atoms with Gasteiger partial charge in [0.15, 0.2) is 0 Å². The van der Waals surface area contributed by atoms with Crippen molar-refractivity contribution in [2.75, 3.05) is 6.61 Å². The molecule has 190 valence electrons. The van der Waals surface area contributed by atoms with E-state index in [1.807, 2.05) is 33.8 Å². The fourth-order valence-corrected chi connectivity index (χ4v) is 3.99. The van der Waals surface area contributed by atoms with E-state index in [9.17, 15) is 13.6 Å². The number of carbonyl (C=O) groups is 1. The number of pyridine rings is 2. The number of aryl methyl sites for hydroxylation is 1. The third kappa shape index (κ3) is 6.54. The average molecular weight is 489 g/mol. The summed E-state index contributed by atoms with van der Waals surface area (Å²) in [7, 11) is 0. The smallest absolute Gasteiger partial charge is 0.420 e. The minimum atomic E-state index is -2.86. The molecule has 0 saturated heterocycles. The van der Waals surface area contributed by atoms with E-state index in [0.717, 1.165) is 5.56 Å². The van der Waals surface area contributed by atoms with Crippen molar-refractivity contribution in [3.05, 3.63) is 41.9 Å². The van der Waals surface area contributed by atoms with Gasteiger partial charge in [-0.3, -0.25) is 0 Å². The molecular formula is C26H34F2N4O3. The summed E-state index contributed by atoms with van der Waals surface area (Å²) in [6, 6.07) is 4.89. The number of aromatic nitrogens is 3. The first-order valence-corrected chi connectivity index (χ1v) is 11.6. The normalized spacial score (nSPS) is 13.9. The van der Waals surface area contributed by atoms with E-state index < -0.39 is 29.4 Å². The highest BCUT2D eigenvalue weighted by atomic mass is 19.3. The van der Waals surface area contributed by atoms with Crippen molar-refractivity contribution in [2.24, 2.45) is 11.7 Å². The molecule has 0 fully saturated rings. The van der Waals surface area contributed by atoms with Crippen LogP contribution in [0.2, 0.25) is 0 Å². The molecule has 0 unspecified atom stereocenters. The number of nitrogens with zero attached hydrogens (tertiary/aromatic N) is 3. The van der Waals surface area contributed by atoms with Crippen LogP contribution >= 0.6 is 0 Å². The Morgan fingerprint density at radius 1 is 1.20 bits per heavy atom. The number of nitrogens with two attached hydrogens (primary N) is 1. The van der Waals surface area contributed by atoms with Crippen LogP contribution in [0.1, 0.15) is 65.6 Å². The molecule has 9 heteroatoms. The van der Waals surface area contributed by atoms with E-state index >= 15 is 0 Å². The molecule has 0 aliphatic heterocycles. The molecule has 3 rings (SSSR count). The molecular weight excluding hydrogens is 454 g/mol. The molecule has 1 atom stereocenters. The van der Waals surface area contributed by atoms with Crippen molar-refractivity contribution in [3.8, 4) is 17.0 Å². The summed E-state index contributed by atoms with van der Waals surface area (Å²) >= 11 is 0. The summed E-state index contributed by atoms with van der Waals surface area (Å²) in [4.78, 5) is 21.4.